The van der Waals surface area contributed by atoms with Crippen LogP contribution in [-0.4, -0.2) is 13.1 Å². The zero-order chi connectivity index (χ0) is 9.80. The average Bonchev–Trinajstić information content (AvgIpc) is 2.23. The first-order valence-electron chi connectivity index (χ1n) is 5.90. The number of allylic oxidation sites excluding steroid dienone is 2. The van der Waals surface area contributed by atoms with Crippen LogP contribution in [-0.2, 0) is 0 Å². The number of nitrogens with one attached hydrogen (secondary N) is 1. The van der Waals surface area contributed by atoms with Gasteiger partial charge in [0.1, 0.15) is 0 Å². The van der Waals surface area contributed by atoms with E-state index in [0.29, 0.717) is 0 Å². The molecule has 0 spiro atoms. The minimum atomic E-state index is 0.917. The summed E-state index contributed by atoms with van der Waals surface area (Å²) in [5.74, 6) is 1.90. The van der Waals surface area contributed by atoms with Crippen molar-refractivity contribution in [2.45, 2.75) is 38.5 Å². The number of piperidine rings is 1. The monoisotopic (exact) mass is 213 g/mol. The number of hydrogen-bond donors (Lipinski definition) is 1. The van der Waals surface area contributed by atoms with Gasteiger partial charge in [0, 0.05) is 5.03 Å². The van der Waals surface area contributed by atoms with Gasteiger partial charge in [0.25, 0.3) is 0 Å². The molecule has 80 valence electrons. The summed E-state index contributed by atoms with van der Waals surface area (Å²) in [6, 6.07) is 0. The van der Waals surface area contributed by atoms with Crippen molar-refractivity contribution in [3.8, 4) is 0 Å². The van der Waals surface area contributed by atoms with Crippen LogP contribution in [0.4, 0.5) is 0 Å². The van der Waals surface area contributed by atoms with Gasteiger partial charge in [0.05, 0.1) is 0 Å². The first-order chi connectivity index (χ1) is 6.84. The molecule has 1 nitrogen and oxygen atoms in total. The number of rotatable bonds is 2. The molecule has 14 heavy (non-hydrogen) atoms. The normalized spacial score (nSPS) is 30.1. The number of hydrogen-bond acceptors (Lipinski definition) is 1. The van der Waals surface area contributed by atoms with E-state index in [-0.39, 0.29) is 0 Å². The van der Waals surface area contributed by atoms with Gasteiger partial charge in [-0.3, -0.25) is 0 Å². The Kier molecular flexibility index (Phi) is 3.89. The second-order valence-electron chi connectivity index (χ2n) is 4.72. The third kappa shape index (κ3) is 2.99. The summed E-state index contributed by atoms with van der Waals surface area (Å²) in [7, 11) is 0. The van der Waals surface area contributed by atoms with E-state index < -0.39 is 0 Å². The van der Waals surface area contributed by atoms with Gasteiger partial charge in [-0.15, -0.1) is 0 Å². The highest BCUT2D eigenvalue weighted by Gasteiger charge is 2.20. The van der Waals surface area contributed by atoms with Gasteiger partial charge in [0.2, 0.25) is 0 Å². The van der Waals surface area contributed by atoms with Gasteiger partial charge >= 0.3 is 0 Å². The third-order valence-electron chi connectivity index (χ3n) is 3.59. The molecule has 1 aliphatic carbocycles. The Balaban J connectivity index is 1.74. The second-order valence-corrected chi connectivity index (χ2v) is 5.21. The largest absolute Gasteiger partial charge is 0.317 e. The fourth-order valence-electron chi connectivity index (χ4n) is 2.66. The molecule has 0 bridgehead atoms. The lowest BCUT2D eigenvalue weighted by atomic mass is 9.82. The lowest BCUT2D eigenvalue weighted by molar-refractivity contribution is 0.286. The first kappa shape index (κ1) is 10.5. The van der Waals surface area contributed by atoms with Gasteiger partial charge < -0.3 is 5.32 Å². The third-order valence-corrected chi connectivity index (χ3v) is 3.93. The Bertz CT molecular complexity index is 206. The molecule has 0 amide bonds. The van der Waals surface area contributed by atoms with Gasteiger partial charge in [-0.1, -0.05) is 17.7 Å². The minimum absolute atomic E-state index is 0.917. The average molecular weight is 214 g/mol. The van der Waals surface area contributed by atoms with Crippen LogP contribution >= 0.6 is 11.6 Å². The summed E-state index contributed by atoms with van der Waals surface area (Å²) < 4.78 is 0. The summed E-state index contributed by atoms with van der Waals surface area (Å²) in [5, 5.41) is 4.52. The molecule has 1 fully saturated rings. The fraction of sp³-hybridized carbons (Fsp3) is 0.833. The Morgan fingerprint density at radius 2 is 2.00 bits per heavy atom. The molecule has 1 N–H and O–H groups in total. The van der Waals surface area contributed by atoms with Crippen molar-refractivity contribution in [1.29, 1.82) is 0 Å². The number of halogens is 1. The zero-order valence-corrected chi connectivity index (χ0v) is 9.52. The molecule has 2 rings (SSSR count). The van der Waals surface area contributed by atoms with E-state index in [1.807, 2.05) is 0 Å². The molecule has 0 saturated carbocycles. The van der Waals surface area contributed by atoms with Gasteiger partial charge in [0.15, 0.2) is 0 Å². The van der Waals surface area contributed by atoms with Crippen LogP contribution in [0.5, 0.6) is 0 Å². The Hall–Kier alpha value is -0.0100. The maximum Gasteiger partial charge on any atom is 0.0141 e. The summed E-state index contributed by atoms with van der Waals surface area (Å²) >= 11 is 5.98. The highest BCUT2D eigenvalue weighted by Crippen LogP contribution is 2.32. The maximum atomic E-state index is 5.98. The van der Waals surface area contributed by atoms with Crippen molar-refractivity contribution in [2.75, 3.05) is 13.1 Å². The highest BCUT2D eigenvalue weighted by atomic mass is 35.5. The summed E-state index contributed by atoms with van der Waals surface area (Å²) in [6.45, 7) is 2.46. The van der Waals surface area contributed by atoms with Crippen molar-refractivity contribution < 1.29 is 0 Å². The van der Waals surface area contributed by atoms with Crippen LogP contribution in [0.3, 0.4) is 0 Å². The lowest BCUT2D eigenvalue weighted by Crippen LogP contribution is -2.29. The topological polar surface area (TPSA) is 12.0 Å². The molecule has 1 saturated heterocycles. The van der Waals surface area contributed by atoms with Crippen LogP contribution in [0.2, 0.25) is 0 Å². The van der Waals surface area contributed by atoms with Crippen LogP contribution in [0.15, 0.2) is 11.1 Å². The molecule has 1 heterocycles. The fourth-order valence-corrected chi connectivity index (χ4v) is 2.86. The molecule has 1 aliphatic heterocycles. The smallest absolute Gasteiger partial charge is 0.0141 e. The van der Waals surface area contributed by atoms with E-state index in [4.69, 9.17) is 11.6 Å². The molecule has 0 aromatic carbocycles. The summed E-state index contributed by atoms with van der Waals surface area (Å²) in [4.78, 5) is 0. The predicted octanol–water partition coefficient (Wildman–Crippen LogP) is 3.30. The van der Waals surface area contributed by atoms with E-state index in [0.717, 1.165) is 23.3 Å². The van der Waals surface area contributed by atoms with Gasteiger partial charge in [-0.2, -0.15) is 0 Å². The Morgan fingerprint density at radius 3 is 2.64 bits per heavy atom. The molecule has 1 unspecified atom stereocenters. The van der Waals surface area contributed by atoms with E-state index in [2.05, 4.69) is 11.4 Å². The molecule has 2 heteroatoms. The molecule has 0 aromatic rings. The van der Waals surface area contributed by atoms with Crippen molar-refractivity contribution in [1.82, 2.24) is 5.32 Å². The van der Waals surface area contributed by atoms with E-state index in [1.54, 1.807) is 0 Å². The Morgan fingerprint density at radius 1 is 1.21 bits per heavy atom. The molecule has 2 aliphatic rings. The van der Waals surface area contributed by atoms with Crippen LogP contribution < -0.4 is 5.32 Å². The Labute approximate surface area is 91.9 Å². The van der Waals surface area contributed by atoms with Crippen molar-refractivity contribution in [3.63, 3.8) is 0 Å². The van der Waals surface area contributed by atoms with Crippen LogP contribution in [0.25, 0.3) is 0 Å². The van der Waals surface area contributed by atoms with Gasteiger partial charge in [-0.25, -0.2) is 0 Å². The van der Waals surface area contributed by atoms with E-state index >= 15 is 0 Å². The summed E-state index contributed by atoms with van der Waals surface area (Å²) in [6.07, 6.45) is 10.1. The van der Waals surface area contributed by atoms with E-state index in [9.17, 15) is 0 Å². The van der Waals surface area contributed by atoms with Gasteiger partial charge in [-0.05, 0) is 63.5 Å². The first-order valence-corrected chi connectivity index (χ1v) is 6.27. The van der Waals surface area contributed by atoms with Crippen LogP contribution in [0.1, 0.15) is 38.5 Å². The molecule has 1 atom stereocenters. The SMILES string of the molecule is ClC1=CCC(CC2CCNCC2)CC1. The zero-order valence-electron chi connectivity index (χ0n) is 8.77. The minimum Gasteiger partial charge on any atom is -0.317 e. The van der Waals surface area contributed by atoms with Crippen LogP contribution in [0, 0.1) is 11.8 Å². The maximum absolute atomic E-state index is 5.98. The highest BCUT2D eigenvalue weighted by molar-refractivity contribution is 6.29. The lowest BCUT2D eigenvalue weighted by Gasteiger charge is -2.28. The van der Waals surface area contributed by atoms with Crippen molar-refractivity contribution in [3.05, 3.63) is 11.1 Å². The quantitative estimate of drug-likeness (QED) is 0.743. The predicted molar refractivity (Wildman–Crippen MR) is 61.5 cm³/mol. The van der Waals surface area contributed by atoms with Crippen molar-refractivity contribution >= 4 is 11.6 Å². The van der Waals surface area contributed by atoms with E-state index in [1.165, 1.54) is 45.2 Å². The molecular formula is C12H20ClN. The standard InChI is InChI=1S/C12H20ClN/c13-12-3-1-10(2-4-12)9-11-5-7-14-8-6-11/h3,10-11,14H,1-2,4-9H2. The molecule has 0 radical (unpaired) electrons. The van der Waals surface area contributed by atoms with Crippen molar-refractivity contribution in [2.24, 2.45) is 11.8 Å². The second kappa shape index (κ2) is 5.18. The summed E-state index contributed by atoms with van der Waals surface area (Å²) in [5.41, 5.74) is 0. The molecular weight excluding hydrogens is 194 g/mol. The molecule has 0 aromatic heterocycles.